The number of nitrogens with zero attached hydrogens (tertiary/aromatic N) is 2. The van der Waals surface area contributed by atoms with Crippen LogP contribution in [-0.2, 0) is 17.7 Å². The van der Waals surface area contributed by atoms with Gasteiger partial charge in [-0.15, -0.1) is 11.6 Å². The Morgan fingerprint density at radius 1 is 0.929 bits per heavy atom. The first kappa shape index (κ1) is 22.5. The third kappa shape index (κ3) is 7.66. The van der Waals surface area contributed by atoms with Gasteiger partial charge in [0.15, 0.2) is 0 Å². The minimum atomic E-state index is -0.0338. The highest BCUT2D eigenvalue weighted by atomic mass is 35.5. The van der Waals surface area contributed by atoms with E-state index in [4.69, 9.17) is 16.9 Å². The molecular weight excluding hydrogens is 364 g/mol. The van der Waals surface area contributed by atoms with Crippen molar-refractivity contribution >= 4 is 11.6 Å². The lowest BCUT2D eigenvalue weighted by Gasteiger charge is -2.21. The van der Waals surface area contributed by atoms with Crippen LogP contribution >= 0.6 is 11.6 Å². The summed E-state index contributed by atoms with van der Waals surface area (Å²) >= 11 is 6.48. The minimum absolute atomic E-state index is 0.0338. The monoisotopic (exact) mass is 396 g/mol. The van der Waals surface area contributed by atoms with Crippen LogP contribution < -0.4 is 0 Å². The predicted molar refractivity (Wildman–Crippen MR) is 120 cm³/mol. The maximum absolute atomic E-state index is 7.32. The Hall–Kier alpha value is -1.82. The highest BCUT2D eigenvalue weighted by Crippen LogP contribution is 2.51. The van der Waals surface area contributed by atoms with Crippen molar-refractivity contribution in [2.24, 2.45) is 0 Å². The van der Waals surface area contributed by atoms with Crippen molar-refractivity contribution in [1.29, 1.82) is 5.26 Å². The van der Waals surface area contributed by atoms with Crippen LogP contribution in [0.25, 0.3) is 0 Å². The summed E-state index contributed by atoms with van der Waals surface area (Å²) in [5, 5.41) is 7.32. The van der Waals surface area contributed by atoms with E-state index >= 15 is 0 Å². The molecule has 3 rings (SSSR count). The molecular formula is C25H33ClN2. The van der Waals surface area contributed by atoms with E-state index < -0.39 is 0 Å². The Bertz CT molecular complexity index is 714. The fourth-order valence-corrected chi connectivity index (χ4v) is 3.68. The summed E-state index contributed by atoms with van der Waals surface area (Å²) in [7, 11) is 0. The molecule has 0 unspecified atom stereocenters. The first-order valence-corrected chi connectivity index (χ1v) is 10.8. The molecule has 1 saturated carbocycles. The lowest BCUT2D eigenvalue weighted by molar-refractivity contribution is 0.274. The Labute approximate surface area is 176 Å². The van der Waals surface area contributed by atoms with Crippen LogP contribution in [0.15, 0.2) is 54.6 Å². The molecule has 0 heterocycles. The van der Waals surface area contributed by atoms with Gasteiger partial charge in [0, 0.05) is 13.5 Å². The number of hydrogen-bond donors (Lipinski definition) is 0. The van der Waals surface area contributed by atoms with Gasteiger partial charge in [0.25, 0.3) is 0 Å². The van der Waals surface area contributed by atoms with Crippen molar-refractivity contribution in [2.45, 2.75) is 57.2 Å². The molecule has 2 aromatic carbocycles. The van der Waals surface area contributed by atoms with Crippen LogP contribution in [0.4, 0.5) is 0 Å². The number of halogens is 1. The molecule has 1 aliphatic carbocycles. The Balaban J connectivity index is 0.000000878. The molecule has 2 aromatic rings. The number of aryl methyl sites for hydroxylation is 1. The van der Waals surface area contributed by atoms with E-state index in [1.807, 2.05) is 0 Å². The summed E-state index contributed by atoms with van der Waals surface area (Å²) < 4.78 is 0. The third-order valence-corrected chi connectivity index (χ3v) is 5.80. The molecule has 0 saturated heterocycles. The standard InChI is InChI=1S/C23H30ClN.C2H3N/c1-2-17-25(19-14-20-7-4-3-5-8-20)18-6-9-21-10-12-22(13-11-21)23(24)15-16-23;1-2-3/h3-5,7-8,10-13H,2,6,9,14-19H2,1H3;1H3. The van der Waals surface area contributed by atoms with Crippen LogP contribution in [-0.4, -0.2) is 24.5 Å². The van der Waals surface area contributed by atoms with Gasteiger partial charge in [0.2, 0.25) is 0 Å². The van der Waals surface area contributed by atoms with Crippen molar-refractivity contribution in [3.05, 3.63) is 71.3 Å². The normalized spacial score (nSPS) is 14.1. The topological polar surface area (TPSA) is 27.0 Å². The lowest BCUT2D eigenvalue weighted by Crippen LogP contribution is -2.28. The molecule has 3 heteroatoms. The first-order chi connectivity index (χ1) is 13.6. The summed E-state index contributed by atoms with van der Waals surface area (Å²) in [4.78, 5) is 2.58. The van der Waals surface area contributed by atoms with E-state index in [9.17, 15) is 0 Å². The van der Waals surface area contributed by atoms with Gasteiger partial charge in [0.1, 0.15) is 0 Å². The minimum Gasteiger partial charge on any atom is -0.303 e. The summed E-state index contributed by atoms with van der Waals surface area (Å²) in [6.07, 6.45) is 7.00. The van der Waals surface area contributed by atoms with E-state index in [-0.39, 0.29) is 4.87 Å². The zero-order valence-electron chi connectivity index (χ0n) is 17.3. The molecule has 0 radical (unpaired) electrons. The SMILES string of the molecule is CC#N.CCCN(CCCc1ccc(C2(Cl)CC2)cc1)CCc1ccccc1. The number of nitriles is 1. The summed E-state index contributed by atoms with van der Waals surface area (Å²) in [5.41, 5.74) is 4.17. The van der Waals surface area contributed by atoms with Gasteiger partial charge >= 0.3 is 0 Å². The molecule has 0 N–H and O–H groups in total. The van der Waals surface area contributed by atoms with E-state index in [0.717, 1.165) is 32.2 Å². The zero-order chi connectivity index (χ0) is 20.2. The van der Waals surface area contributed by atoms with Crippen molar-refractivity contribution in [3.8, 4) is 6.07 Å². The van der Waals surface area contributed by atoms with E-state index in [1.165, 1.54) is 49.5 Å². The van der Waals surface area contributed by atoms with Crippen LogP contribution in [0.2, 0.25) is 0 Å². The summed E-state index contributed by atoms with van der Waals surface area (Å²) in [6.45, 7) is 7.24. The number of rotatable bonds is 10. The van der Waals surface area contributed by atoms with E-state index in [0.29, 0.717) is 0 Å². The average Bonchev–Trinajstić information content (AvgIpc) is 3.47. The maximum Gasteiger partial charge on any atom is 0.0696 e. The number of alkyl halides is 1. The molecule has 0 amide bonds. The second-order valence-electron chi connectivity index (χ2n) is 7.57. The fourth-order valence-electron chi connectivity index (χ4n) is 3.46. The van der Waals surface area contributed by atoms with Crippen LogP contribution in [0.1, 0.15) is 56.2 Å². The van der Waals surface area contributed by atoms with Gasteiger partial charge in [-0.1, -0.05) is 61.5 Å². The molecule has 0 bridgehead atoms. The van der Waals surface area contributed by atoms with Gasteiger partial charge in [-0.3, -0.25) is 0 Å². The second-order valence-corrected chi connectivity index (χ2v) is 8.29. The van der Waals surface area contributed by atoms with Gasteiger partial charge in [-0.25, -0.2) is 0 Å². The van der Waals surface area contributed by atoms with Crippen molar-refractivity contribution in [3.63, 3.8) is 0 Å². The largest absolute Gasteiger partial charge is 0.303 e. The van der Waals surface area contributed by atoms with Crippen molar-refractivity contribution < 1.29 is 0 Å². The van der Waals surface area contributed by atoms with Crippen molar-refractivity contribution in [1.82, 2.24) is 4.90 Å². The molecule has 0 aromatic heterocycles. The molecule has 2 nitrogen and oxygen atoms in total. The Morgan fingerprint density at radius 2 is 1.54 bits per heavy atom. The molecule has 1 aliphatic rings. The molecule has 0 atom stereocenters. The smallest absolute Gasteiger partial charge is 0.0696 e. The summed E-state index contributed by atoms with van der Waals surface area (Å²) in [5.74, 6) is 0. The maximum atomic E-state index is 7.32. The fraction of sp³-hybridized carbons (Fsp3) is 0.480. The predicted octanol–water partition coefficient (Wildman–Crippen LogP) is 6.33. The van der Waals surface area contributed by atoms with Crippen LogP contribution in [0, 0.1) is 11.3 Å². The van der Waals surface area contributed by atoms with Gasteiger partial charge in [0.05, 0.1) is 10.9 Å². The molecule has 0 aliphatic heterocycles. The van der Waals surface area contributed by atoms with Gasteiger partial charge in [-0.05, 0) is 68.3 Å². The van der Waals surface area contributed by atoms with E-state index in [2.05, 4.69) is 66.4 Å². The third-order valence-electron chi connectivity index (χ3n) is 5.20. The number of benzene rings is 2. The Kier molecular flexibility index (Phi) is 9.55. The Morgan fingerprint density at radius 3 is 2.11 bits per heavy atom. The van der Waals surface area contributed by atoms with E-state index in [1.54, 1.807) is 6.07 Å². The lowest BCUT2D eigenvalue weighted by atomic mass is 10.0. The molecule has 150 valence electrons. The zero-order valence-corrected chi connectivity index (χ0v) is 18.1. The van der Waals surface area contributed by atoms with Crippen molar-refractivity contribution in [2.75, 3.05) is 19.6 Å². The quantitative estimate of drug-likeness (QED) is 0.438. The van der Waals surface area contributed by atoms with Crippen LogP contribution in [0.3, 0.4) is 0 Å². The first-order valence-electron chi connectivity index (χ1n) is 10.5. The molecule has 28 heavy (non-hydrogen) atoms. The average molecular weight is 397 g/mol. The highest BCUT2D eigenvalue weighted by molar-refractivity contribution is 6.25. The molecule has 0 spiro atoms. The highest BCUT2D eigenvalue weighted by Gasteiger charge is 2.41. The summed E-state index contributed by atoms with van der Waals surface area (Å²) in [6, 6.07) is 21.6. The molecule has 1 fully saturated rings. The van der Waals surface area contributed by atoms with Crippen LogP contribution in [0.5, 0.6) is 0 Å². The van der Waals surface area contributed by atoms with Gasteiger partial charge < -0.3 is 4.90 Å². The number of hydrogen-bond acceptors (Lipinski definition) is 2. The second kappa shape index (κ2) is 11.9. The van der Waals surface area contributed by atoms with Gasteiger partial charge in [-0.2, -0.15) is 5.26 Å².